The Morgan fingerprint density at radius 2 is 1.30 bits per heavy atom. The Balaban J connectivity index is 1.64. The van der Waals surface area contributed by atoms with E-state index in [1.54, 1.807) is 0 Å². The van der Waals surface area contributed by atoms with Gasteiger partial charge in [-0.15, -0.1) is 0 Å². The third-order valence-electron chi connectivity index (χ3n) is 5.89. The number of hydrogen-bond acceptors (Lipinski definition) is 4. The second-order valence-corrected chi connectivity index (χ2v) is 6.81. The molecule has 4 rings (SSSR count). The van der Waals surface area contributed by atoms with E-state index < -0.39 is 0 Å². The monoisotopic (exact) mass is 276 g/mol. The maximum absolute atomic E-state index is 11.4. The van der Waals surface area contributed by atoms with Crippen molar-refractivity contribution in [2.75, 3.05) is 0 Å². The van der Waals surface area contributed by atoms with Crippen LogP contribution in [0, 0.1) is 35.5 Å². The summed E-state index contributed by atoms with van der Waals surface area (Å²) in [5.74, 6) is 2.77. The van der Waals surface area contributed by atoms with Gasteiger partial charge in [-0.3, -0.25) is 9.59 Å². The minimum Gasteiger partial charge on any atom is -0.458 e. The van der Waals surface area contributed by atoms with Crippen LogP contribution in [0.25, 0.3) is 0 Å². The van der Waals surface area contributed by atoms with Crippen LogP contribution in [0.1, 0.15) is 26.7 Å². The number of esters is 2. The lowest BCUT2D eigenvalue weighted by atomic mass is 9.71. The van der Waals surface area contributed by atoms with Gasteiger partial charge in [0.15, 0.2) is 0 Å². The summed E-state index contributed by atoms with van der Waals surface area (Å²) in [5, 5.41) is 0. The van der Waals surface area contributed by atoms with Crippen LogP contribution in [0.2, 0.25) is 0 Å². The van der Waals surface area contributed by atoms with Gasteiger partial charge in [0.05, 0.1) is 0 Å². The quantitative estimate of drug-likeness (QED) is 0.439. The molecule has 20 heavy (non-hydrogen) atoms. The summed E-state index contributed by atoms with van der Waals surface area (Å²) in [5.41, 5.74) is 0. The molecule has 108 valence electrons. The second-order valence-electron chi connectivity index (χ2n) is 6.81. The second kappa shape index (κ2) is 4.09. The Morgan fingerprint density at radius 1 is 0.850 bits per heavy atom. The first kappa shape index (κ1) is 12.4. The fourth-order valence-electron chi connectivity index (χ4n) is 5.62. The molecule has 0 N–H and O–H groups in total. The molecule has 0 aromatic heterocycles. The fraction of sp³-hybridized carbons (Fsp3) is 0.750. The van der Waals surface area contributed by atoms with E-state index >= 15 is 0 Å². The molecule has 3 fully saturated rings. The van der Waals surface area contributed by atoms with Crippen molar-refractivity contribution in [3.8, 4) is 0 Å². The topological polar surface area (TPSA) is 52.6 Å². The molecule has 0 spiro atoms. The molecule has 4 nitrogen and oxygen atoms in total. The number of carbonyl (C=O) groups excluding carboxylic acids is 2. The molecule has 0 saturated heterocycles. The van der Waals surface area contributed by atoms with Crippen LogP contribution < -0.4 is 0 Å². The minimum absolute atomic E-state index is 0.226. The summed E-state index contributed by atoms with van der Waals surface area (Å²) < 4.78 is 11.1. The van der Waals surface area contributed by atoms with Gasteiger partial charge in [-0.1, -0.05) is 12.2 Å². The first-order valence-electron chi connectivity index (χ1n) is 7.59. The van der Waals surface area contributed by atoms with Gasteiger partial charge in [0.2, 0.25) is 0 Å². The summed E-state index contributed by atoms with van der Waals surface area (Å²) in [6, 6.07) is 0. The Morgan fingerprint density at radius 3 is 1.70 bits per heavy atom. The van der Waals surface area contributed by atoms with Crippen molar-refractivity contribution in [1.29, 1.82) is 0 Å². The van der Waals surface area contributed by atoms with E-state index in [0.29, 0.717) is 35.5 Å². The molecule has 0 aromatic rings. The lowest BCUT2D eigenvalue weighted by Crippen LogP contribution is -2.47. The Kier molecular flexibility index (Phi) is 2.54. The highest BCUT2D eigenvalue weighted by molar-refractivity contribution is 5.67. The van der Waals surface area contributed by atoms with Crippen LogP contribution in [0.15, 0.2) is 12.2 Å². The number of rotatable bonds is 2. The minimum atomic E-state index is -0.269. The molecule has 4 bridgehead atoms. The van der Waals surface area contributed by atoms with Crippen LogP contribution in [-0.4, -0.2) is 24.1 Å². The first-order valence-corrected chi connectivity index (χ1v) is 7.59. The van der Waals surface area contributed by atoms with E-state index in [2.05, 4.69) is 12.2 Å². The molecule has 0 aromatic carbocycles. The lowest BCUT2D eigenvalue weighted by Gasteiger charge is -2.40. The van der Waals surface area contributed by atoms with Gasteiger partial charge in [-0.25, -0.2) is 0 Å². The molecule has 0 heterocycles. The number of ether oxygens (including phenoxy) is 2. The highest BCUT2D eigenvalue weighted by Crippen LogP contribution is 2.66. The van der Waals surface area contributed by atoms with Crippen molar-refractivity contribution in [1.82, 2.24) is 0 Å². The van der Waals surface area contributed by atoms with Crippen molar-refractivity contribution in [3.05, 3.63) is 12.2 Å². The average molecular weight is 276 g/mol. The molecule has 4 aliphatic carbocycles. The molecule has 4 aliphatic rings. The number of allylic oxidation sites excluding steroid dienone is 2. The molecule has 8 unspecified atom stereocenters. The summed E-state index contributed by atoms with van der Waals surface area (Å²) >= 11 is 0. The van der Waals surface area contributed by atoms with Gasteiger partial charge in [0.1, 0.15) is 12.2 Å². The zero-order valence-electron chi connectivity index (χ0n) is 11.8. The summed E-state index contributed by atoms with van der Waals surface area (Å²) in [6.07, 6.45) is 6.52. The van der Waals surface area contributed by atoms with E-state index in [1.807, 2.05) is 0 Å². The van der Waals surface area contributed by atoms with E-state index in [9.17, 15) is 9.59 Å². The SMILES string of the molecule is CC(=O)OC1C2CC(C1OC(C)=O)C1C3C=CC(C3)C21. The zero-order valence-corrected chi connectivity index (χ0v) is 11.8. The third-order valence-corrected chi connectivity index (χ3v) is 5.89. The predicted octanol–water partition coefficient (Wildman–Crippen LogP) is 1.94. The van der Waals surface area contributed by atoms with Crippen LogP contribution >= 0.6 is 0 Å². The highest BCUT2D eigenvalue weighted by atomic mass is 16.6. The highest BCUT2D eigenvalue weighted by Gasteiger charge is 2.66. The van der Waals surface area contributed by atoms with Gasteiger partial charge < -0.3 is 9.47 Å². The molecule has 0 amide bonds. The smallest absolute Gasteiger partial charge is 0.303 e. The van der Waals surface area contributed by atoms with Gasteiger partial charge in [0.25, 0.3) is 0 Å². The molecular weight excluding hydrogens is 256 g/mol. The Bertz CT molecular complexity index is 455. The number of fused-ring (bicyclic) bond motifs is 9. The van der Waals surface area contributed by atoms with Gasteiger partial charge in [0, 0.05) is 25.7 Å². The predicted molar refractivity (Wildman–Crippen MR) is 70.4 cm³/mol. The van der Waals surface area contributed by atoms with Gasteiger partial charge in [-0.2, -0.15) is 0 Å². The van der Waals surface area contributed by atoms with E-state index in [0.717, 1.165) is 6.42 Å². The lowest BCUT2D eigenvalue weighted by molar-refractivity contribution is -0.175. The summed E-state index contributed by atoms with van der Waals surface area (Å²) in [6.45, 7) is 2.88. The van der Waals surface area contributed by atoms with Crippen LogP contribution in [0.3, 0.4) is 0 Å². The fourth-order valence-corrected chi connectivity index (χ4v) is 5.62. The maximum Gasteiger partial charge on any atom is 0.303 e. The van der Waals surface area contributed by atoms with Gasteiger partial charge in [-0.05, 0) is 36.5 Å². The summed E-state index contributed by atoms with van der Waals surface area (Å²) in [7, 11) is 0. The van der Waals surface area contributed by atoms with Crippen molar-refractivity contribution < 1.29 is 19.1 Å². The van der Waals surface area contributed by atoms with Crippen LogP contribution in [0.4, 0.5) is 0 Å². The number of carbonyl (C=O) groups is 2. The molecular formula is C16H20O4. The van der Waals surface area contributed by atoms with E-state index in [4.69, 9.17) is 9.47 Å². The first-order chi connectivity index (χ1) is 9.56. The average Bonchev–Trinajstić information content (AvgIpc) is 3.06. The molecule has 0 radical (unpaired) electrons. The van der Waals surface area contributed by atoms with Gasteiger partial charge >= 0.3 is 11.9 Å². The standard InChI is InChI=1S/C16H20O4/c1-7(17)19-15-11-6-12(16(15)20-8(2)18)14-10-4-3-9(5-10)13(11)14/h3-4,9-16H,5-6H2,1-2H3. The molecule has 4 heteroatoms. The Hall–Kier alpha value is -1.32. The van der Waals surface area contributed by atoms with Crippen molar-refractivity contribution >= 4 is 11.9 Å². The maximum atomic E-state index is 11.4. The van der Waals surface area contributed by atoms with Crippen LogP contribution in [0.5, 0.6) is 0 Å². The molecule has 8 atom stereocenters. The normalized spacial score (nSPS) is 50.3. The van der Waals surface area contributed by atoms with Crippen molar-refractivity contribution in [3.63, 3.8) is 0 Å². The zero-order chi connectivity index (χ0) is 14.0. The van der Waals surface area contributed by atoms with E-state index in [-0.39, 0.29) is 24.1 Å². The third kappa shape index (κ3) is 1.54. The van der Waals surface area contributed by atoms with Crippen molar-refractivity contribution in [2.45, 2.75) is 38.9 Å². The Labute approximate surface area is 118 Å². The number of hydrogen-bond donors (Lipinski definition) is 0. The van der Waals surface area contributed by atoms with E-state index in [1.165, 1.54) is 20.3 Å². The van der Waals surface area contributed by atoms with Crippen LogP contribution in [-0.2, 0) is 19.1 Å². The van der Waals surface area contributed by atoms with Crippen molar-refractivity contribution in [2.24, 2.45) is 35.5 Å². The summed E-state index contributed by atoms with van der Waals surface area (Å²) in [4.78, 5) is 22.8. The molecule has 3 saturated carbocycles. The largest absolute Gasteiger partial charge is 0.458 e. The molecule has 0 aliphatic heterocycles.